The molecule has 0 bridgehead atoms. The van der Waals surface area contributed by atoms with Crippen molar-refractivity contribution in [3.8, 4) is 17.2 Å². The third kappa shape index (κ3) is 6.80. The number of nitrogens with zero attached hydrogens (tertiary/aromatic N) is 2. The van der Waals surface area contributed by atoms with E-state index < -0.39 is 34.4 Å². The maximum Gasteiger partial charge on any atom is 0.264 e. The summed E-state index contributed by atoms with van der Waals surface area (Å²) in [5.74, 6) is 0.310. The highest BCUT2D eigenvalue weighted by atomic mass is 32.2. The number of sulfonamides is 1. The predicted molar refractivity (Wildman–Crippen MR) is 148 cm³/mol. The maximum atomic E-state index is 13.9. The van der Waals surface area contributed by atoms with Crippen molar-refractivity contribution in [1.82, 2.24) is 10.2 Å². The summed E-state index contributed by atoms with van der Waals surface area (Å²) in [4.78, 5) is 27.8. The topological polar surface area (TPSA) is 114 Å². The van der Waals surface area contributed by atoms with Crippen LogP contribution in [0.2, 0.25) is 0 Å². The maximum absolute atomic E-state index is 13.9. The lowest BCUT2D eigenvalue weighted by Crippen LogP contribution is -2.50. The van der Waals surface area contributed by atoms with E-state index in [-0.39, 0.29) is 17.1 Å². The van der Waals surface area contributed by atoms with E-state index in [2.05, 4.69) is 5.32 Å². The summed E-state index contributed by atoms with van der Waals surface area (Å²) in [5.41, 5.74) is 0.904. The van der Waals surface area contributed by atoms with Crippen LogP contribution >= 0.6 is 0 Å². The Hall–Kier alpha value is -4.25. The Balaban J connectivity index is 2.08. The molecule has 0 aromatic heterocycles. The number of carbonyl (C=O) groups is 2. The molecule has 208 valence electrons. The second-order valence-corrected chi connectivity index (χ2v) is 10.4. The monoisotopic (exact) mass is 555 g/mol. The molecule has 0 saturated carbocycles. The van der Waals surface area contributed by atoms with Gasteiger partial charge in [0.05, 0.1) is 31.9 Å². The zero-order chi connectivity index (χ0) is 28.6. The zero-order valence-corrected chi connectivity index (χ0v) is 23.4. The van der Waals surface area contributed by atoms with Crippen LogP contribution in [0.4, 0.5) is 5.69 Å². The third-order valence-electron chi connectivity index (χ3n) is 6.17. The van der Waals surface area contributed by atoms with Gasteiger partial charge in [-0.3, -0.25) is 13.9 Å². The van der Waals surface area contributed by atoms with E-state index in [0.717, 1.165) is 4.31 Å². The van der Waals surface area contributed by atoms with Gasteiger partial charge >= 0.3 is 0 Å². The molecule has 0 aliphatic heterocycles. The summed E-state index contributed by atoms with van der Waals surface area (Å²) in [6.07, 6.45) is 0. The molecule has 11 heteroatoms. The molecular formula is C28H33N3O7S. The minimum Gasteiger partial charge on any atom is -0.497 e. The second-order valence-electron chi connectivity index (χ2n) is 8.53. The van der Waals surface area contributed by atoms with Gasteiger partial charge in [-0.2, -0.15) is 0 Å². The van der Waals surface area contributed by atoms with E-state index in [1.807, 2.05) is 0 Å². The van der Waals surface area contributed by atoms with E-state index in [4.69, 9.17) is 14.2 Å². The van der Waals surface area contributed by atoms with Crippen molar-refractivity contribution in [3.05, 3.63) is 78.4 Å². The van der Waals surface area contributed by atoms with Crippen LogP contribution in [0, 0.1) is 0 Å². The largest absolute Gasteiger partial charge is 0.497 e. The molecule has 2 amide bonds. The zero-order valence-electron chi connectivity index (χ0n) is 22.6. The van der Waals surface area contributed by atoms with Gasteiger partial charge in [-0.25, -0.2) is 8.42 Å². The predicted octanol–water partition coefficient (Wildman–Crippen LogP) is 3.07. The van der Waals surface area contributed by atoms with Crippen LogP contribution in [0.1, 0.15) is 12.5 Å². The van der Waals surface area contributed by atoms with E-state index in [1.54, 1.807) is 55.5 Å². The number of amides is 2. The molecule has 3 rings (SSSR count). The minimum atomic E-state index is -4.19. The van der Waals surface area contributed by atoms with Crippen LogP contribution in [-0.2, 0) is 26.2 Å². The standard InChI is InChI=1S/C28H33N3O7S/c1-20(28(33)29-2)30(18-21-10-9-11-23(16-21)36-3)27(32)19-31(39(34,35)24-12-7-6-8-13-24)22-14-15-25(37-4)26(17-22)38-5/h6-17,20H,18-19H2,1-5H3,(H,29,33). The van der Waals surface area contributed by atoms with Gasteiger partial charge < -0.3 is 24.4 Å². The molecule has 0 fully saturated rings. The quantitative estimate of drug-likeness (QED) is 0.365. The van der Waals surface area contributed by atoms with Gasteiger partial charge in [0, 0.05) is 19.7 Å². The Morgan fingerprint density at radius 1 is 0.872 bits per heavy atom. The van der Waals surface area contributed by atoms with Gasteiger partial charge in [0.25, 0.3) is 10.0 Å². The number of likely N-dealkylation sites (N-methyl/N-ethyl adjacent to an activating group) is 1. The Morgan fingerprint density at radius 3 is 2.18 bits per heavy atom. The highest BCUT2D eigenvalue weighted by Gasteiger charge is 2.32. The van der Waals surface area contributed by atoms with Gasteiger partial charge in [0.15, 0.2) is 11.5 Å². The van der Waals surface area contributed by atoms with Crippen molar-refractivity contribution < 1.29 is 32.2 Å². The van der Waals surface area contributed by atoms with Crippen LogP contribution in [-0.4, -0.2) is 66.1 Å². The number of nitrogens with one attached hydrogen (secondary N) is 1. The van der Waals surface area contributed by atoms with Crippen molar-refractivity contribution in [3.63, 3.8) is 0 Å². The van der Waals surface area contributed by atoms with Crippen LogP contribution in [0.3, 0.4) is 0 Å². The third-order valence-corrected chi connectivity index (χ3v) is 7.95. The summed E-state index contributed by atoms with van der Waals surface area (Å²) in [6, 6.07) is 18.6. The summed E-state index contributed by atoms with van der Waals surface area (Å²) in [7, 11) is 1.72. The van der Waals surface area contributed by atoms with Crippen LogP contribution in [0.15, 0.2) is 77.7 Å². The molecule has 0 radical (unpaired) electrons. The average molecular weight is 556 g/mol. The minimum absolute atomic E-state index is 0.00582. The number of rotatable bonds is 12. The fourth-order valence-corrected chi connectivity index (χ4v) is 5.41. The van der Waals surface area contributed by atoms with E-state index in [1.165, 1.54) is 57.5 Å². The first-order valence-electron chi connectivity index (χ1n) is 12.1. The van der Waals surface area contributed by atoms with Crippen LogP contribution in [0.25, 0.3) is 0 Å². The SMILES string of the molecule is CNC(=O)C(C)N(Cc1cccc(OC)c1)C(=O)CN(c1ccc(OC)c(OC)c1)S(=O)(=O)c1ccccc1. The molecule has 39 heavy (non-hydrogen) atoms. The van der Waals surface area contributed by atoms with Gasteiger partial charge in [0.2, 0.25) is 11.8 Å². The fraction of sp³-hybridized carbons (Fsp3) is 0.286. The lowest BCUT2D eigenvalue weighted by Gasteiger charge is -2.32. The first-order chi connectivity index (χ1) is 18.7. The number of ether oxygens (including phenoxy) is 3. The van der Waals surface area contributed by atoms with Crippen LogP contribution in [0.5, 0.6) is 17.2 Å². The molecule has 0 saturated heterocycles. The molecule has 3 aromatic rings. The number of hydrogen-bond acceptors (Lipinski definition) is 7. The first kappa shape index (κ1) is 29.3. The molecule has 0 aliphatic carbocycles. The molecule has 10 nitrogen and oxygen atoms in total. The number of carbonyl (C=O) groups excluding carboxylic acids is 2. The van der Waals surface area contributed by atoms with Crippen LogP contribution < -0.4 is 23.8 Å². The Morgan fingerprint density at radius 2 is 1.56 bits per heavy atom. The molecular weight excluding hydrogens is 522 g/mol. The normalized spacial score (nSPS) is 11.7. The van der Waals surface area contributed by atoms with Gasteiger partial charge in [-0.05, 0) is 48.9 Å². The molecule has 0 aliphatic rings. The summed E-state index contributed by atoms with van der Waals surface area (Å²) in [5, 5.41) is 2.56. The smallest absolute Gasteiger partial charge is 0.264 e. The van der Waals surface area contributed by atoms with Crippen molar-refractivity contribution in [2.75, 3.05) is 39.2 Å². The van der Waals surface area contributed by atoms with Gasteiger partial charge in [-0.1, -0.05) is 30.3 Å². The number of benzene rings is 3. The highest BCUT2D eigenvalue weighted by molar-refractivity contribution is 7.92. The second kappa shape index (κ2) is 13.0. The Kier molecular flexibility index (Phi) is 9.78. The first-order valence-corrected chi connectivity index (χ1v) is 13.5. The van der Waals surface area contributed by atoms with Crippen molar-refractivity contribution in [2.45, 2.75) is 24.4 Å². The molecule has 0 spiro atoms. The van der Waals surface area contributed by atoms with Crippen molar-refractivity contribution in [2.24, 2.45) is 0 Å². The summed E-state index contributed by atoms with van der Waals surface area (Å²) < 4.78 is 44.6. The van der Waals surface area contributed by atoms with E-state index in [0.29, 0.717) is 22.8 Å². The molecule has 3 aromatic carbocycles. The van der Waals surface area contributed by atoms with Gasteiger partial charge in [0.1, 0.15) is 18.3 Å². The summed E-state index contributed by atoms with van der Waals surface area (Å²) >= 11 is 0. The lowest BCUT2D eigenvalue weighted by molar-refractivity contribution is -0.139. The van der Waals surface area contributed by atoms with Gasteiger partial charge in [-0.15, -0.1) is 0 Å². The fourth-order valence-electron chi connectivity index (χ4n) is 3.99. The number of methoxy groups -OCH3 is 3. The summed E-state index contributed by atoms with van der Waals surface area (Å²) in [6.45, 7) is 1.07. The molecule has 1 unspecified atom stereocenters. The lowest BCUT2D eigenvalue weighted by atomic mass is 10.1. The number of anilines is 1. The highest BCUT2D eigenvalue weighted by Crippen LogP contribution is 2.34. The Labute approximate surface area is 229 Å². The van der Waals surface area contributed by atoms with E-state index >= 15 is 0 Å². The molecule has 1 atom stereocenters. The molecule has 1 N–H and O–H groups in total. The number of hydrogen-bond donors (Lipinski definition) is 1. The molecule has 0 heterocycles. The van der Waals surface area contributed by atoms with Crippen molar-refractivity contribution in [1.29, 1.82) is 0 Å². The average Bonchev–Trinajstić information content (AvgIpc) is 2.97. The van der Waals surface area contributed by atoms with E-state index in [9.17, 15) is 18.0 Å². The Bertz CT molecular complexity index is 1400. The van der Waals surface area contributed by atoms with Crippen molar-refractivity contribution >= 4 is 27.5 Å².